The van der Waals surface area contributed by atoms with Crippen LogP contribution < -0.4 is 10.6 Å². The third kappa shape index (κ3) is 4.96. The van der Waals surface area contributed by atoms with E-state index in [0.29, 0.717) is 19.5 Å². The van der Waals surface area contributed by atoms with Crippen LogP contribution in [0.2, 0.25) is 0 Å². The Hall–Kier alpha value is -2.08. The van der Waals surface area contributed by atoms with Crippen molar-refractivity contribution in [2.75, 3.05) is 13.1 Å². The summed E-state index contributed by atoms with van der Waals surface area (Å²) >= 11 is 0. The Bertz CT molecular complexity index is 639. The van der Waals surface area contributed by atoms with Gasteiger partial charge in [0.15, 0.2) is 0 Å². The molecule has 0 fully saturated rings. The van der Waals surface area contributed by atoms with Crippen molar-refractivity contribution in [3.05, 3.63) is 30.1 Å². The summed E-state index contributed by atoms with van der Waals surface area (Å²) in [6.07, 6.45) is 1.97. The van der Waals surface area contributed by atoms with E-state index in [1.807, 2.05) is 32.0 Å². The van der Waals surface area contributed by atoms with Gasteiger partial charge in [0.25, 0.3) is 0 Å². The number of aryl methyl sites for hydroxylation is 2. The van der Waals surface area contributed by atoms with Gasteiger partial charge in [-0.1, -0.05) is 25.5 Å². The normalized spacial score (nSPS) is 12.3. The summed E-state index contributed by atoms with van der Waals surface area (Å²) in [6.45, 7) is 5.69. The first-order valence-electron chi connectivity index (χ1n) is 8.23. The third-order valence-electron chi connectivity index (χ3n) is 3.81. The van der Waals surface area contributed by atoms with Gasteiger partial charge in [-0.15, -0.1) is 0 Å². The highest BCUT2D eigenvalue weighted by Crippen LogP contribution is 2.15. The minimum atomic E-state index is -0.467. The zero-order chi connectivity index (χ0) is 16.7. The van der Waals surface area contributed by atoms with Gasteiger partial charge in [0.05, 0.1) is 17.1 Å². The van der Waals surface area contributed by atoms with E-state index in [9.17, 15) is 9.90 Å². The molecule has 2 aromatic rings. The number of imidazole rings is 1. The van der Waals surface area contributed by atoms with E-state index < -0.39 is 6.10 Å². The lowest BCUT2D eigenvalue weighted by molar-refractivity contribution is 0.160. The van der Waals surface area contributed by atoms with Crippen molar-refractivity contribution in [2.45, 2.75) is 45.8 Å². The number of nitrogens with zero attached hydrogens (tertiary/aromatic N) is 2. The lowest BCUT2D eigenvalue weighted by Crippen LogP contribution is -2.40. The molecule has 3 N–H and O–H groups in total. The molecule has 0 aliphatic rings. The SMILES string of the molecule is CCCC(O)CNC(=O)NCCCn1c(C)nc2ccccc21. The van der Waals surface area contributed by atoms with Gasteiger partial charge in [-0.05, 0) is 31.9 Å². The maximum Gasteiger partial charge on any atom is 0.314 e. The second-order valence-corrected chi connectivity index (χ2v) is 5.73. The number of carbonyl (C=O) groups is 1. The molecule has 0 spiro atoms. The maximum atomic E-state index is 11.6. The number of para-hydroxylation sites is 2. The molecule has 6 heteroatoms. The maximum absolute atomic E-state index is 11.6. The molecule has 1 unspecified atom stereocenters. The van der Waals surface area contributed by atoms with Gasteiger partial charge in [0, 0.05) is 19.6 Å². The van der Waals surface area contributed by atoms with Crippen LogP contribution in [0.15, 0.2) is 24.3 Å². The predicted octanol–water partition coefficient (Wildman–Crippen LogP) is 2.20. The number of carbonyl (C=O) groups excluding carboxylic acids is 1. The Labute approximate surface area is 136 Å². The summed E-state index contributed by atoms with van der Waals surface area (Å²) in [5.41, 5.74) is 2.12. The zero-order valence-corrected chi connectivity index (χ0v) is 13.9. The fourth-order valence-electron chi connectivity index (χ4n) is 2.63. The van der Waals surface area contributed by atoms with Gasteiger partial charge < -0.3 is 20.3 Å². The second kappa shape index (κ2) is 8.53. The van der Waals surface area contributed by atoms with Crippen LogP contribution in [0, 0.1) is 6.92 Å². The Morgan fingerprint density at radius 1 is 1.35 bits per heavy atom. The standard InChI is InChI=1S/C17H26N4O2/c1-3-7-14(22)12-19-17(23)18-10-6-11-21-13(2)20-15-8-4-5-9-16(15)21/h4-5,8-9,14,22H,3,6-7,10-12H2,1-2H3,(H2,18,19,23). The molecule has 2 amide bonds. The number of hydrogen-bond acceptors (Lipinski definition) is 3. The van der Waals surface area contributed by atoms with Crippen molar-refractivity contribution in [3.63, 3.8) is 0 Å². The Morgan fingerprint density at radius 2 is 2.13 bits per heavy atom. The van der Waals surface area contributed by atoms with Gasteiger partial charge in [-0.2, -0.15) is 0 Å². The van der Waals surface area contributed by atoms with Crippen LogP contribution in [0.1, 0.15) is 32.0 Å². The van der Waals surface area contributed by atoms with Crippen LogP contribution in [-0.4, -0.2) is 39.9 Å². The molecule has 0 saturated heterocycles. The molecule has 0 radical (unpaired) electrons. The van der Waals surface area contributed by atoms with E-state index in [2.05, 4.69) is 26.3 Å². The van der Waals surface area contributed by atoms with Crippen LogP contribution in [-0.2, 0) is 6.54 Å². The quantitative estimate of drug-likeness (QED) is 0.653. The topological polar surface area (TPSA) is 79.2 Å². The molecule has 1 heterocycles. The highest BCUT2D eigenvalue weighted by Gasteiger charge is 2.07. The molecule has 2 rings (SSSR count). The van der Waals surface area contributed by atoms with Gasteiger partial charge in [0.2, 0.25) is 0 Å². The van der Waals surface area contributed by atoms with Crippen LogP contribution in [0.5, 0.6) is 0 Å². The monoisotopic (exact) mass is 318 g/mol. The molecule has 1 aromatic carbocycles. The van der Waals surface area contributed by atoms with E-state index in [0.717, 1.165) is 36.2 Å². The van der Waals surface area contributed by atoms with Gasteiger partial charge in [0.1, 0.15) is 5.82 Å². The number of aliphatic hydroxyl groups is 1. The third-order valence-corrected chi connectivity index (χ3v) is 3.81. The summed E-state index contributed by atoms with van der Waals surface area (Å²) in [7, 11) is 0. The Kier molecular flexibility index (Phi) is 6.40. The molecule has 1 atom stereocenters. The van der Waals surface area contributed by atoms with Gasteiger partial charge in [-0.3, -0.25) is 0 Å². The molecule has 126 valence electrons. The number of hydrogen-bond donors (Lipinski definition) is 3. The highest BCUT2D eigenvalue weighted by molar-refractivity contribution is 5.76. The van der Waals surface area contributed by atoms with E-state index >= 15 is 0 Å². The zero-order valence-electron chi connectivity index (χ0n) is 13.9. The summed E-state index contributed by atoms with van der Waals surface area (Å²) < 4.78 is 2.17. The highest BCUT2D eigenvalue weighted by atomic mass is 16.3. The molecule has 6 nitrogen and oxygen atoms in total. The van der Waals surface area contributed by atoms with E-state index in [1.54, 1.807) is 0 Å². The number of nitrogens with one attached hydrogen (secondary N) is 2. The predicted molar refractivity (Wildman–Crippen MR) is 91.4 cm³/mol. The minimum Gasteiger partial charge on any atom is -0.391 e. The van der Waals surface area contributed by atoms with Crippen LogP contribution in [0.25, 0.3) is 11.0 Å². The molecule has 0 aliphatic carbocycles. The van der Waals surface area contributed by atoms with Crippen molar-refractivity contribution in [1.29, 1.82) is 0 Å². The van der Waals surface area contributed by atoms with E-state index in [4.69, 9.17) is 0 Å². The molecule has 23 heavy (non-hydrogen) atoms. The summed E-state index contributed by atoms with van der Waals surface area (Å²) in [5, 5.41) is 15.1. The van der Waals surface area contributed by atoms with Gasteiger partial charge >= 0.3 is 6.03 Å². The number of urea groups is 1. The molecular weight excluding hydrogens is 292 g/mol. The molecular formula is C17H26N4O2. The molecule has 1 aromatic heterocycles. The van der Waals surface area contributed by atoms with E-state index in [1.165, 1.54) is 0 Å². The fourth-order valence-corrected chi connectivity index (χ4v) is 2.63. The van der Waals surface area contributed by atoms with Crippen molar-refractivity contribution < 1.29 is 9.90 Å². The van der Waals surface area contributed by atoms with Crippen molar-refractivity contribution in [2.24, 2.45) is 0 Å². The molecule has 0 aliphatic heterocycles. The number of rotatable bonds is 8. The first kappa shape index (κ1) is 17.3. The summed E-state index contributed by atoms with van der Waals surface area (Å²) in [6, 6.07) is 7.83. The van der Waals surface area contributed by atoms with Crippen LogP contribution in [0.4, 0.5) is 4.79 Å². The Balaban J connectivity index is 1.72. The van der Waals surface area contributed by atoms with Crippen molar-refractivity contribution >= 4 is 17.1 Å². The minimum absolute atomic E-state index is 0.229. The number of aromatic nitrogens is 2. The number of aliphatic hydroxyl groups excluding tert-OH is 1. The average molecular weight is 318 g/mol. The lowest BCUT2D eigenvalue weighted by Gasteiger charge is -2.12. The fraction of sp³-hybridized carbons (Fsp3) is 0.529. The second-order valence-electron chi connectivity index (χ2n) is 5.73. The first-order chi connectivity index (χ1) is 11.1. The van der Waals surface area contributed by atoms with Crippen LogP contribution in [0.3, 0.4) is 0 Å². The summed E-state index contributed by atoms with van der Waals surface area (Å²) in [4.78, 5) is 16.2. The average Bonchev–Trinajstić information content (AvgIpc) is 2.85. The molecule has 0 bridgehead atoms. The number of benzene rings is 1. The lowest BCUT2D eigenvalue weighted by atomic mass is 10.2. The van der Waals surface area contributed by atoms with E-state index in [-0.39, 0.29) is 6.03 Å². The van der Waals surface area contributed by atoms with Crippen molar-refractivity contribution in [1.82, 2.24) is 20.2 Å². The smallest absolute Gasteiger partial charge is 0.314 e. The van der Waals surface area contributed by atoms with Crippen LogP contribution >= 0.6 is 0 Å². The largest absolute Gasteiger partial charge is 0.391 e. The molecule has 0 saturated carbocycles. The van der Waals surface area contributed by atoms with Crippen molar-refractivity contribution in [3.8, 4) is 0 Å². The number of amides is 2. The first-order valence-corrected chi connectivity index (χ1v) is 8.23. The Morgan fingerprint density at radius 3 is 2.91 bits per heavy atom. The summed E-state index contributed by atoms with van der Waals surface area (Å²) in [5.74, 6) is 0.985. The van der Waals surface area contributed by atoms with Gasteiger partial charge in [-0.25, -0.2) is 9.78 Å². The number of fused-ring (bicyclic) bond motifs is 1.